The molecule has 0 bridgehead atoms. The van der Waals surface area contributed by atoms with Crippen LogP contribution in [0.1, 0.15) is 46.2 Å². The minimum Gasteiger partial charge on any atom is -0.464 e. The third kappa shape index (κ3) is 3.31. The first-order valence-corrected chi connectivity index (χ1v) is 8.17. The Morgan fingerprint density at radius 2 is 2.24 bits per heavy atom. The highest BCUT2D eigenvalue weighted by Gasteiger charge is 2.26. The van der Waals surface area contributed by atoms with E-state index in [1.807, 2.05) is 19.9 Å². The first-order chi connectivity index (χ1) is 12.0. The van der Waals surface area contributed by atoms with Crippen LogP contribution in [0.3, 0.4) is 0 Å². The number of pyridine rings is 1. The van der Waals surface area contributed by atoms with Gasteiger partial charge in [-0.2, -0.15) is 5.26 Å². The Morgan fingerprint density at radius 3 is 2.96 bits per heavy atom. The molecule has 0 unspecified atom stereocenters. The van der Waals surface area contributed by atoms with Crippen molar-refractivity contribution in [1.29, 1.82) is 5.26 Å². The van der Waals surface area contributed by atoms with E-state index in [9.17, 15) is 10.1 Å². The molecule has 25 heavy (non-hydrogen) atoms. The Labute approximate surface area is 146 Å². The number of aryl methyl sites for hydroxylation is 2. The predicted molar refractivity (Wildman–Crippen MR) is 90.3 cm³/mol. The number of anilines is 1. The molecular formula is C17H20N6O2. The summed E-state index contributed by atoms with van der Waals surface area (Å²) in [7, 11) is 1.32. The monoisotopic (exact) mass is 340 g/mol. The molecule has 0 radical (unpaired) electrons. The SMILES string of the molecule is COC(=O)c1cn([C@H]2CCCN(c3nc(C)cc(C)c3C#N)C2)nn1. The van der Waals surface area contributed by atoms with Crippen LogP contribution in [-0.4, -0.2) is 46.1 Å². The van der Waals surface area contributed by atoms with Gasteiger partial charge in [0, 0.05) is 18.8 Å². The zero-order valence-electron chi connectivity index (χ0n) is 14.6. The van der Waals surface area contributed by atoms with Crippen LogP contribution < -0.4 is 4.90 Å². The van der Waals surface area contributed by atoms with Crippen molar-refractivity contribution in [2.24, 2.45) is 0 Å². The number of esters is 1. The van der Waals surface area contributed by atoms with E-state index < -0.39 is 5.97 Å². The molecular weight excluding hydrogens is 320 g/mol. The van der Waals surface area contributed by atoms with Gasteiger partial charge < -0.3 is 9.64 Å². The van der Waals surface area contributed by atoms with Gasteiger partial charge in [-0.15, -0.1) is 5.10 Å². The largest absolute Gasteiger partial charge is 0.464 e. The van der Waals surface area contributed by atoms with E-state index in [-0.39, 0.29) is 11.7 Å². The molecule has 2 aromatic rings. The summed E-state index contributed by atoms with van der Waals surface area (Å²) in [6.07, 6.45) is 3.48. The van der Waals surface area contributed by atoms with Gasteiger partial charge in [0.2, 0.25) is 0 Å². The molecule has 1 aliphatic heterocycles. The molecule has 0 saturated carbocycles. The van der Waals surface area contributed by atoms with Crippen molar-refractivity contribution in [3.63, 3.8) is 0 Å². The number of carbonyl (C=O) groups is 1. The molecule has 130 valence electrons. The van der Waals surface area contributed by atoms with Crippen LogP contribution in [0.2, 0.25) is 0 Å². The Kier molecular flexibility index (Phi) is 4.65. The molecule has 1 fully saturated rings. The number of hydrogen-bond acceptors (Lipinski definition) is 7. The molecule has 3 heterocycles. The molecule has 8 heteroatoms. The van der Waals surface area contributed by atoms with Crippen molar-refractivity contribution >= 4 is 11.8 Å². The van der Waals surface area contributed by atoms with E-state index in [2.05, 4.69) is 31.0 Å². The third-order valence-corrected chi connectivity index (χ3v) is 4.41. The number of ether oxygens (including phenoxy) is 1. The molecule has 0 aliphatic carbocycles. The quantitative estimate of drug-likeness (QED) is 0.786. The standard InChI is InChI=1S/C17H20N6O2/c1-11-7-12(2)19-16(14(11)8-18)22-6-4-5-13(9-22)23-10-15(20-21-23)17(24)25-3/h7,10,13H,4-6,9H2,1-3H3/t13-/m0/s1. The number of nitrogens with zero attached hydrogens (tertiary/aromatic N) is 6. The fourth-order valence-corrected chi connectivity index (χ4v) is 3.20. The lowest BCUT2D eigenvalue weighted by atomic mass is 10.0. The number of hydrogen-bond donors (Lipinski definition) is 0. The fraction of sp³-hybridized carbons (Fsp3) is 0.471. The van der Waals surface area contributed by atoms with Crippen molar-refractivity contribution in [3.05, 3.63) is 34.8 Å². The highest BCUT2D eigenvalue weighted by atomic mass is 16.5. The van der Waals surface area contributed by atoms with Gasteiger partial charge >= 0.3 is 5.97 Å². The van der Waals surface area contributed by atoms with Crippen molar-refractivity contribution in [3.8, 4) is 6.07 Å². The molecule has 0 aromatic carbocycles. The van der Waals surface area contributed by atoms with E-state index in [0.717, 1.165) is 36.5 Å². The minimum absolute atomic E-state index is 0.0637. The van der Waals surface area contributed by atoms with Gasteiger partial charge in [-0.3, -0.25) is 0 Å². The molecule has 0 N–H and O–H groups in total. The van der Waals surface area contributed by atoms with E-state index in [1.54, 1.807) is 10.9 Å². The summed E-state index contributed by atoms with van der Waals surface area (Å²) in [4.78, 5) is 18.3. The minimum atomic E-state index is -0.498. The smallest absolute Gasteiger partial charge is 0.360 e. The number of methoxy groups -OCH3 is 1. The molecule has 0 spiro atoms. The normalized spacial score (nSPS) is 17.2. The lowest BCUT2D eigenvalue weighted by molar-refractivity contribution is 0.0594. The summed E-state index contributed by atoms with van der Waals surface area (Å²) in [5.74, 6) is 0.222. The predicted octanol–water partition coefficient (Wildman–Crippen LogP) is 1.79. The first-order valence-electron chi connectivity index (χ1n) is 8.17. The van der Waals surface area contributed by atoms with Crippen molar-refractivity contribution in [2.75, 3.05) is 25.1 Å². The second-order valence-electron chi connectivity index (χ2n) is 6.21. The average molecular weight is 340 g/mol. The van der Waals surface area contributed by atoms with Crippen molar-refractivity contribution < 1.29 is 9.53 Å². The number of nitriles is 1. The highest BCUT2D eigenvalue weighted by molar-refractivity contribution is 5.86. The summed E-state index contributed by atoms with van der Waals surface area (Å²) in [6.45, 7) is 5.35. The highest BCUT2D eigenvalue weighted by Crippen LogP contribution is 2.28. The number of rotatable bonds is 3. The molecule has 1 aliphatic rings. The molecule has 1 atom stereocenters. The Morgan fingerprint density at radius 1 is 1.44 bits per heavy atom. The van der Waals surface area contributed by atoms with E-state index in [4.69, 9.17) is 0 Å². The second-order valence-corrected chi connectivity index (χ2v) is 6.21. The lowest BCUT2D eigenvalue weighted by Gasteiger charge is -2.34. The van der Waals surface area contributed by atoms with E-state index in [1.165, 1.54) is 7.11 Å². The summed E-state index contributed by atoms with van der Waals surface area (Å²) >= 11 is 0. The maximum Gasteiger partial charge on any atom is 0.360 e. The number of aromatic nitrogens is 4. The van der Waals surface area contributed by atoms with Crippen molar-refractivity contribution in [1.82, 2.24) is 20.0 Å². The Bertz CT molecular complexity index is 838. The Balaban J connectivity index is 1.86. The summed E-state index contributed by atoms with van der Waals surface area (Å²) < 4.78 is 6.37. The topological polar surface area (TPSA) is 96.9 Å². The number of piperidine rings is 1. The fourth-order valence-electron chi connectivity index (χ4n) is 3.20. The summed E-state index contributed by atoms with van der Waals surface area (Å²) in [5.41, 5.74) is 2.63. The van der Waals surface area contributed by atoms with Gasteiger partial charge in [0.15, 0.2) is 5.69 Å². The molecule has 1 saturated heterocycles. The van der Waals surface area contributed by atoms with Crippen LogP contribution in [-0.2, 0) is 4.74 Å². The summed E-state index contributed by atoms with van der Waals surface area (Å²) in [5, 5.41) is 17.4. The molecule has 3 rings (SSSR count). The third-order valence-electron chi connectivity index (χ3n) is 4.41. The zero-order chi connectivity index (χ0) is 18.0. The van der Waals surface area contributed by atoms with E-state index >= 15 is 0 Å². The van der Waals surface area contributed by atoms with Crippen LogP contribution in [0.25, 0.3) is 0 Å². The van der Waals surface area contributed by atoms with Gasteiger partial charge in [-0.25, -0.2) is 14.5 Å². The first kappa shape index (κ1) is 16.9. The Hall–Kier alpha value is -2.95. The van der Waals surface area contributed by atoms with Crippen LogP contribution in [0.5, 0.6) is 0 Å². The van der Waals surface area contributed by atoms with Gasteiger partial charge in [-0.1, -0.05) is 5.21 Å². The second kappa shape index (κ2) is 6.89. The van der Waals surface area contributed by atoms with Crippen LogP contribution >= 0.6 is 0 Å². The van der Waals surface area contributed by atoms with Crippen LogP contribution in [0, 0.1) is 25.2 Å². The number of carbonyl (C=O) groups excluding carboxylic acids is 1. The molecule has 2 aromatic heterocycles. The van der Waals surface area contributed by atoms with Gasteiger partial charge in [-0.05, 0) is 38.3 Å². The molecule has 8 nitrogen and oxygen atoms in total. The average Bonchev–Trinajstić information content (AvgIpc) is 3.11. The maximum absolute atomic E-state index is 11.6. The maximum atomic E-state index is 11.6. The van der Waals surface area contributed by atoms with Crippen LogP contribution in [0.4, 0.5) is 5.82 Å². The van der Waals surface area contributed by atoms with Gasteiger partial charge in [0.25, 0.3) is 0 Å². The molecule has 0 amide bonds. The van der Waals surface area contributed by atoms with Gasteiger partial charge in [0.05, 0.1) is 24.9 Å². The van der Waals surface area contributed by atoms with Gasteiger partial charge in [0.1, 0.15) is 11.9 Å². The summed E-state index contributed by atoms with van der Waals surface area (Å²) in [6, 6.07) is 4.25. The van der Waals surface area contributed by atoms with E-state index in [0.29, 0.717) is 12.1 Å². The zero-order valence-corrected chi connectivity index (χ0v) is 14.6. The lowest BCUT2D eigenvalue weighted by Crippen LogP contribution is -2.38. The van der Waals surface area contributed by atoms with Crippen molar-refractivity contribution in [2.45, 2.75) is 32.7 Å². The van der Waals surface area contributed by atoms with Crippen LogP contribution in [0.15, 0.2) is 12.3 Å².